The molecule has 116 valence electrons. The van der Waals surface area contributed by atoms with Crippen LogP contribution < -0.4 is 4.90 Å². The zero-order valence-corrected chi connectivity index (χ0v) is 12.7. The van der Waals surface area contributed by atoms with E-state index in [4.69, 9.17) is 5.53 Å². The Balaban J connectivity index is 1.62. The van der Waals surface area contributed by atoms with Gasteiger partial charge in [-0.25, -0.2) is 0 Å². The summed E-state index contributed by atoms with van der Waals surface area (Å²) in [4.78, 5) is 19.1. The summed E-state index contributed by atoms with van der Waals surface area (Å²) in [5.74, 6) is 0.248. The van der Waals surface area contributed by atoms with Crippen LogP contribution in [0.2, 0.25) is 0 Å². The molecule has 2 heterocycles. The maximum Gasteiger partial charge on any atom is 0.227 e. The number of hydrogen-bond donors (Lipinski definition) is 0. The number of benzene rings is 1. The molecule has 2 saturated heterocycles. The lowest BCUT2D eigenvalue weighted by Crippen LogP contribution is -2.24. The van der Waals surface area contributed by atoms with Gasteiger partial charge in [0.05, 0.1) is 0 Å². The Labute approximate surface area is 130 Å². The van der Waals surface area contributed by atoms with Crippen molar-refractivity contribution in [2.24, 2.45) is 11.0 Å². The van der Waals surface area contributed by atoms with E-state index >= 15 is 0 Å². The van der Waals surface area contributed by atoms with E-state index < -0.39 is 0 Å². The maximum atomic E-state index is 12.1. The van der Waals surface area contributed by atoms with Crippen LogP contribution in [0.25, 0.3) is 10.4 Å². The van der Waals surface area contributed by atoms with Gasteiger partial charge in [0.15, 0.2) is 0 Å². The largest absolute Gasteiger partial charge is 0.312 e. The maximum absolute atomic E-state index is 12.1. The molecule has 0 aromatic heterocycles. The summed E-state index contributed by atoms with van der Waals surface area (Å²) in [6.07, 6.45) is 3.06. The highest BCUT2D eigenvalue weighted by molar-refractivity contribution is 5.95. The molecule has 22 heavy (non-hydrogen) atoms. The molecular formula is C16H21N5O. The quantitative estimate of drug-likeness (QED) is 0.476. The van der Waals surface area contributed by atoms with Crippen LogP contribution in [0.1, 0.15) is 24.8 Å². The predicted octanol–water partition coefficient (Wildman–Crippen LogP) is 2.95. The van der Waals surface area contributed by atoms with E-state index in [-0.39, 0.29) is 11.8 Å². The molecule has 1 aromatic rings. The molecule has 2 aliphatic heterocycles. The van der Waals surface area contributed by atoms with E-state index in [1.165, 1.54) is 31.5 Å². The molecule has 0 radical (unpaired) electrons. The molecule has 1 atom stereocenters. The predicted molar refractivity (Wildman–Crippen MR) is 85.4 cm³/mol. The Kier molecular flexibility index (Phi) is 4.61. The monoisotopic (exact) mass is 299 g/mol. The highest BCUT2D eigenvalue weighted by atomic mass is 16.2. The molecule has 3 rings (SSSR count). The van der Waals surface area contributed by atoms with Crippen LogP contribution in [0.5, 0.6) is 0 Å². The minimum absolute atomic E-state index is 0.116. The number of carbonyl (C=O) groups is 1. The lowest BCUT2D eigenvalue weighted by Gasteiger charge is -2.18. The van der Waals surface area contributed by atoms with Gasteiger partial charge in [0.25, 0.3) is 0 Å². The van der Waals surface area contributed by atoms with Crippen molar-refractivity contribution in [3.63, 3.8) is 0 Å². The van der Waals surface area contributed by atoms with Crippen molar-refractivity contribution in [1.82, 2.24) is 4.90 Å². The van der Waals surface area contributed by atoms with Gasteiger partial charge >= 0.3 is 0 Å². The lowest BCUT2D eigenvalue weighted by atomic mass is 10.1. The molecule has 0 saturated carbocycles. The average Bonchev–Trinajstić information content (AvgIpc) is 3.16. The van der Waals surface area contributed by atoms with Crippen molar-refractivity contribution in [2.45, 2.75) is 25.8 Å². The lowest BCUT2D eigenvalue weighted by molar-refractivity contribution is -0.117. The van der Waals surface area contributed by atoms with Crippen molar-refractivity contribution in [1.29, 1.82) is 0 Å². The molecule has 1 aromatic carbocycles. The summed E-state index contributed by atoms with van der Waals surface area (Å²) < 4.78 is 0. The van der Waals surface area contributed by atoms with Crippen molar-refractivity contribution in [2.75, 3.05) is 31.1 Å². The Morgan fingerprint density at radius 1 is 1.23 bits per heavy atom. The van der Waals surface area contributed by atoms with Gasteiger partial charge in [-0.3, -0.25) is 9.69 Å². The van der Waals surface area contributed by atoms with Gasteiger partial charge < -0.3 is 4.90 Å². The number of hydrogen-bond acceptors (Lipinski definition) is 3. The first-order valence-electron chi connectivity index (χ1n) is 7.89. The van der Waals surface area contributed by atoms with Crippen molar-refractivity contribution in [3.05, 3.63) is 40.3 Å². The van der Waals surface area contributed by atoms with E-state index in [2.05, 4.69) is 27.1 Å². The van der Waals surface area contributed by atoms with Crippen LogP contribution in [0.15, 0.2) is 29.4 Å². The van der Waals surface area contributed by atoms with E-state index in [0.29, 0.717) is 19.5 Å². The van der Waals surface area contributed by atoms with Crippen LogP contribution >= 0.6 is 0 Å². The van der Waals surface area contributed by atoms with Crippen LogP contribution in [0.4, 0.5) is 5.69 Å². The molecular weight excluding hydrogens is 278 g/mol. The third-order valence-corrected chi connectivity index (χ3v) is 4.46. The van der Waals surface area contributed by atoms with Gasteiger partial charge in [0.2, 0.25) is 5.91 Å². The third-order valence-electron chi connectivity index (χ3n) is 4.46. The summed E-state index contributed by atoms with van der Waals surface area (Å²) in [7, 11) is 0. The van der Waals surface area contributed by atoms with Crippen LogP contribution in [-0.4, -0.2) is 37.0 Å². The molecule has 1 amide bonds. The normalized spacial score (nSPS) is 22.1. The zero-order chi connectivity index (χ0) is 15.4. The number of nitrogens with zero attached hydrogens (tertiary/aromatic N) is 5. The topological polar surface area (TPSA) is 72.3 Å². The average molecular weight is 299 g/mol. The van der Waals surface area contributed by atoms with Gasteiger partial charge in [0.1, 0.15) is 0 Å². The second-order valence-corrected chi connectivity index (χ2v) is 6.14. The Morgan fingerprint density at radius 3 is 2.64 bits per heavy atom. The van der Waals surface area contributed by atoms with Crippen LogP contribution in [0, 0.1) is 5.92 Å². The Bertz CT molecular complexity index is 573. The van der Waals surface area contributed by atoms with Gasteiger partial charge in [0, 0.05) is 36.7 Å². The standard InChI is InChI=1S/C16H21N5O/c17-19-18-10-14-9-16(22)21(12-14)15-5-3-13(4-6-15)11-20-7-1-2-8-20/h3-6,14H,1-2,7-12H2. The summed E-state index contributed by atoms with van der Waals surface area (Å²) in [5.41, 5.74) is 10.6. The molecule has 1 unspecified atom stereocenters. The van der Waals surface area contributed by atoms with E-state index in [1.54, 1.807) is 4.90 Å². The molecule has 2 aliphatic rings. The number of likely N-dealkylation sites (tertiary alicyclic amines) is 1. The number of carbonyl (C=O) groups excluding carboxylic acids is 1. The second-order valence-electron chi connectivity index (χ2n) is 6.14. The highest BCUT2D eigenvalue weighted by Gasteiger charge is 2.29. The summed E-state index contributed by atoms with van der Waals surface area (Å²) in [5, 5.41) is 3.58. The molecule has 2 fully saturated rings. The number of anilines is 1. The summed E-state index contributed by atoms with van der Waals surface area (Å²) >= 11 is 0. The van der Waals surface area contributed by atoms with Gasteiger partial charge in [-0.2, -0.15) is 0 Å². The smallest absolute Gasteiger partial charge is 0.227 e. The van der Waals surface area contributed by atoms with Crippen molar-refractivity contribution >= 4 is 11.6 Å². The number of azide groups is 1. The van der Waals surface area contributed by atoms with Gasteiger partial charge in [-0.05, 0) is 55.1 Å². The van der Waals surface area contributed by atoms with Crippen molar-refractivity contribution < 1.29 is 4.79 Å². The fraction of sp³-hybridized carbons (Fsp3) is 0.562. The van der Waals surface area contributed by atoms with Gasteiger partial charge in [-0.15, -0.1) is 0 Å². The first-order valence-corrected chi connectivity index (χ1v) is 7.89. The van der Waals surface area contributed by atoms with Crippen molar-refractivity contribution in [3.8, 4) is 0 Å². The third kappa shape index (κ3) is 3.40. The number of rotatable bonds is 5. The number of amides is 1. The molecule has 0 N–H and O–H groups in total. The molecule has 0 aliphatic carbocycles. The Hall–Kier alpha value is -2.04. The molecule has 0 bridgehead atoms. The minimum atomic E-state index is 0.116. The SMILES string of the molecule is [N-]=[N+]=NCC1CC(=O)N(c2ccc(CN3CCCC3)cc2)C1. The highest BCUT2D eigenvalue weighted by Crippen LogP contribution is 2.26. The minimum Gasteiger partial charge on any atom is -0.312 e. The molecule has 6 nitrogen and oxygen atoms in total. The van der Waals surface area contributed by atoms with Gasteiger partial charge in [-0.1, -0.05) is 17.2 Å². The fourth-order valence-corrected chi connectivity index (χ4v) is 3.29. The Morgan fingerprint density at radius 2 is 1.95 bits per heavy atom. The fourth-order valence-electron chi connectivity index (χ4n) is 3.29. The summed E-state index contributed by atoms with van der Waals surface area (Å²) in [6.45, 7) is 4.41. The first-order chi connectivity index (χ1) is 10.8. The van der Waals surface area contributed by atoms with E-state index in [0.717, 1.165) is 12.2 Å². The second kappa shape index (κ2) is 6.81. The first kappa shape index (κ1) is 14.9. The van der Waals surface area contributed by atoms with E-state index in [1.807, 2.05) is 12.1 Å². The van der Waals surface area contributed by atoms with Crippen LogP contribution in [-0.2, 0) is 11.3 Å². The van der Waals surface area contributed by atoms with Crippen LogP contribution in [0.3, 0.4) is 0 Å². The molecule has 6 heteroatoms. The zero-order valence-electron chi connectivity index (χ0n) is 12.7. The molecule has 0 spiro atoms. The van der Waals surface area contributed by atoms with E-state index in [9.17, 15) is 4.79 Å². The summed E-state index contributed by atoms with van der Waals surface area (Å²) in [6, 6.07) is 8.28.